The van der Waals surface area contributed by atoms with Crippen LogP contribution in [0.2, 0.25) is 0 Å². The van der Waals surface area contributed by atoms with E-state index in [4.69, 9.17) is 46.7 Å². The summed E-state index contributed by atoms with van der Waals surface area (Å²) in [6, 6.07) is 76.8. The van der Waals surface area contributed by atoms with Gasteiger partial charge in [0, 0.05) is 94.1 Å². The number of nitrogens with one attached hydrogen (secondary N) is 2. The molecule has 19 heteroatoms. The van der Waals surface area contributed by atoms with Crippen LogP contribution in [0.1, 0.15) is 208 Å². The summed E-state index contributed by atoms with van der Waals surface area (Å²) in [6.45, 7) is 47.4. The average molecular weight is 1840 g/mol. The van der Waals surface area contributed by atoms with Gasteiger partial charge in [-0.1, -0.05) is 269 Å². The Balaban J connectivity index is 0.000000114. The zero-order chi connectivity index (χ0) is 96.5. The number of fused-ring (bicyclic) bond motifs is 12. The fourth-order valence-electron chi connectivity index (χ4n) is 25.7. The van der Waals surface area contributed by atoms with Crippen LogP contribution in [-0.4, -0.2) is 88.4 Å². The number of nitrogens with zero attached hydrogens (tertiary/aromatic N) is 13. The molecule has 0 bridgehead atoms. The highest BCUT2D eigenvalue weighted by Crippen LogP contribution is 2.58. The Bertz CT molecular complexity index is 6880. The van der Waals surface area contributed by atoms with Crippen molar-refractivity contribution in [2.45, 2.75) is 217 Å². The molecule has 139 heavy (non-hydrogen) atoms. The largest absolute Gasteiger partial charge is 0.371 e. The van der Waals surface area contributed by atoms with Crippen LogP contribution in [0.5, 0.6) is 0 Å². The van der Waals surface area contributed by atoms with Crippen molar-refractivity contribution in [3.8, 4) is 67.3 Å². The molecule has 2 N–H and O–H groups in total. The Morgan fingerprint density at radius 2 is 0.619 bits per heavy atom. The number of aromatic nitrogens is 8. The lowest BCUT2D eigenvalue weighted by molar-refractivity contribution is -0.122. The van der Waals surface area contributed by atoms with E-state index in [1.807, 2.05) is 100 Å². The quantitative estimate of drug-likeness (QED) is 0.0988. The molecule has 11 aliphatic rings. The van der Waals surface area contributed by atoms with Crippen molar-refractivity contribution in [2.75, 3.05) is 29.6 Å². The molecular weight excluding hydrogens is 1720 g/mol. The molecule has 12 atom stereocenters. The summed E-state index contributed by atoms with van der Waals surface area (Å²) in [6.07, 6.45) is 28.7. The molecule has 0 spiro atoms. The van der Waals surface area contributed by atoms with Crippen LogP contribution in [0.25, 0.3) is 86.6 Å². The van der Waals surface area contributed by atoms with Crippen LogP contribution < -0.4 is 15.5 Å². The molecule has 3 fully saturated rings. The Morgan fingerprint density at radius 3 is 0.935 bits per heavy atom. The van der Waals surface area contributed by atoms with E-state index in [0.717, 1.165) is 114 Å². The molecule has 23 rings (SSSR count). The van der Waals surface area contributed by atoms with Crippen molar-refractivity contribution < 1.29 is 19.2 Å². The SMILES string of the molecule is [C-]#[N+]C1=C[C@@]2(C)c3c(c(C4CCCCC4)nn3-c3ccc(-c4ccccc4)cc3)CC[C@@H]2[C@@H](C)C1=O.[C-]#[N+]C1=C[C@@]2(C)c3c(c(N(C)C4CCC4)nn3-c3ccc(-c4ccccc4)cc3)CC[C@@H]2[C@@H](C)C1=O.[C-]#[N+]C1=C[C@@]2(C)c3c(c(NC)nn3-c3ccc(-c4ccccc4)cc3)CC[C@@H]2[C@@H](C)C1=O.[C-]#[N+]C1=C[C@@]2(C)c3c(c(NC4CCC4)nn3-c3ccc(-c4ccccc4)cc3)CC[C@@H]2[C@@H](C)C1=O. The highest BCUT2D eigenvalue weighted by atomic mass is 16.1. The van der Waals surface area contributed by atoms with E-state index in [0.29, 0.717) is 23.7 Å². The second kappa shape index (κ2) is 37.5. The monoisotopic (exact) mass is 1840 g/mol. The fourth-order valence-corrected chi connectivity index (χ4v) is 25.7. The summed E-state index contributed by atoms with van der Waals surface area (Å²) in [4.78, 5) is 68.4. The lowest BCUT2D eigenvalue weighted by Crippen LogP contribution is -2.46. The summed E-state index contributed by atoms with van der Waals surface area (Å²) in [5.41, 5.74) is 23.8. The summed E-state index contributed by atoms with van der Waals surface area (Å²) < 4.78 is 8.38. The van der Waals surface area contributed by atoms with Gasteiger partial charge in [-0.3, -0.25) is 0 Å². The second-order valence-corrected chi connectivity index (χ2v) is 41.5. The fraction of sp³-hybridized carbons (Fsp3) is 0.367. The number of benzene rings is 8. The third-order valence-electron chi connectivity index (χ3n) is 33.7. The van der Waals surface area contributed by atoms with Gasteiger partial charge < -0.3 is 34.7 Å². The van der Waals surface area contributed by atoms with Crippen molar-refractivity contribution in [3.05, 3.63) is 362 Å². The molecule has 0 saturated heterocycles. The van der Waals surface area contributed by atoms with E-state index in [2.05, 4.69) is 266 Å². The highest BCUT2D eigenvalue weighted by Gasteiger charge is 2.56. The van der Waals surface area contributed by atoms with Gasteiger partial charge in [0.1, 0.15) is 0 Å². The molecule has 19 nitrogen and oxygen atoms in total. The molecule has 0 amide bonds. The first-order valence-corrected chi connectivity index (χ1v) is 50.3. The second-order valence-electron chi connectivity index (χ2n) is 41.5. The van der Waals surface area contributed by atoms with Crippen molar-refractivity contribution in [1.29, 1.82) is 0 Å². The summed E-state index contributed by atoms with van der Waals surface area (Å²) >= 11 is 0. The maximum absolute atomic E-state index is 12.9. The first-order valence-electron chi connectivity index (χ1n) is 50.3. The van der Waals surface area contributed by atoms with E-state index in [1.54, 1.807) is 0 Å². The first kappa shape index (κ1) is 92.3. The zero-order valence-corrected chi connectivity index (χ0v) is 81.3. The number of allylic oxidation sites excluding steroid dienone is 8. The molecule has 0 radical (unpaired) electrons. The molecule has 8 aromatic carbocycles. The lowest BCUT2D eigenvalue weighted by atomic mass is 9.58. The standard InChI is InChI=1S/C32H33N3O.C31H32N4O.C30H30N4O.C27H26N4O/c1-21-27-19-18-26-29(24-12-8-5-9-13-24)34-35(31(26)32(27,2)20-28(33-3)30(21)36)25-16-14-23(15-17-25)22-10-6-4-7-11-22;1-20-26-18-17-25-29(31(26,2)19-27(32-3)28(20)36)35(33-30(25)34(4)23-11-8-12-23)24-15-13-22(14-16-24)21-9-6-5-7-10-21;1-19-25-17-16-24-28(30(25,2)18-26(31-3)27(19)35)34(33-29(24)32-22-10-7-11-22)23-14-12-21(13-15-23)20-8-5-4-6-9-20;1-17-22-15-14-21-25(27(22,2)16-23(28-3)24(17)32)31(30-26(21)29-4)20-12-10-19(11-13-20)18-8-6-5-7-9-18/h4,6-7,10-11,14-17,20-21,24,27H,5,8-9,12-13,18-19H2,1-2H3;5-7,9-10,13-16,19-20,23,26H,8,11-12,17-18H2,1-2,4H3;4-6,8-9,12-15,18-19,22,25H,7,10-11,16-17H2,1-2H3,(H,32,33);5-13,16-17,22H,14-15H2,1-2,4H3,(H,29,30)/t21-,27-,32-;20-,26-,31-;19-,25-,30-;17-,22-,27-/m1111/s1. The van der Waals surface area contributed by atoms with Gasteiger partial charge in [-0.05, 0) is 225 Å². The average Bonchev–Trinajstić information content (AvgIpc) is 1.61. The number of hydrogen-bond donors (Lipinski definition) is 2. The smallest absolute Gasteiger partial charge is 0.226 e. The number of rotatable bonds is 14. The van der Waals surface area contributed by atoms with Gasteiger partial charge in [0.2, 0.25) is 22.8 Å². The molecular formula is C120H121N15O4. The van der Waals surface area contributed by atoms with Crippen molar-refractivity contribution in [3.63, 3.8) is 0 Å². The third-order valence-corrected chi connectivity index (χ3v) is 33.7. The lowest BCUT2D eigenvalue weighted by Gasteiger charge is -2.46. The number of carbonyl (C=O) groups excluding carboxylic acids is 4. The highest BCUT2D eigenvalue weighted by molar-refractivity contribution is 6.03. The Kier molecular flexibility index (Phi) is 24.9. The van der Waals surface area contributed by atoms with Crippen LogP contribution in [0.15, 0.2) is 265 Å². The summed E-state index contributed by atoms with van der Waals surface area (Å²) in [5.74, 6) is 3.32. The third kappa shape index (κ3) is 16.2. The molecule has 3 saturated carbocycles. The Morgan fingerprint density at radius 1 is 0.331 bits per heavy atom. The predicted octanol–water partition coefficient (Wildman–Crippen LogP) is 25.6. The first-order chi connectivity index (χ1) is 67.4. The maximum atomic E-state index is 12.9. The molecule has 4 aromatic heterocycles. The van der Waals surface area contributed by atoms with E-state index < -0.39 is 21.7 Å². The number of Topliss-reactive ketones (excluding diaryl/α,β-unsaturated/α-hetero) is 4. The van der Waals surface area contributed by atoms with Crippen LogP contribution in [0.4, 0.5) is 17.5 Å². The number of hydrogen-bond acceptors (Lipinski definition) is 11. The molecule has 0 aliphatic heterocycles. The maximum Gasteiger partial charge on any atom is 0.226 e. The molecule has 4 heterocycles. The Labute approximate surface area is 816 Å². The van der Waals surface area contributed by atoms with Crippen molar-refractivity contribution in [1.82, 2.24) is 39.1 Å². The zero-order valence-electron chi connectivity index (χ0n) is 81.3. The predicted molar refractivity (Wildman–Crippen MR) is 551 cm³/mol. The van der Waals surface area contributed by atoms with E-state index in [9.17, 15) is 19.2 Å². The van der Waals surface area contributed by atoms with E-state index in [-0.39, 0.29) is 87.6 Å². The van der Waals surface area contributed by atoms with Gasteiger partial charge in [0.05, 0.1) is 77.5 Å². The number of ketones is 4. The van der Waals surface area contributed by atoms with Crippen LogP contribution in [0.3, 0.4) is 0 Å². The topological polar surface area (TPSA) is 184 Å². The van der Waals surface area contributed by atoms with Gasteiger partial charge >= 0.3 is 0 Å². The number of carbonyl (C=O) groups is 4. The molecule has 11 aliphatic carbocycles. The minimum atomic E-state index is -0.430. The van der Waals surface area contributed by atoms with Gasteiger partial charge in [0.15, 0.2) is 40.6 Å². The Hall–Kier alpha value is -14.4. The van der Waals surface area contributed by atoms with Crippen molar-refractivity contribution in [2.24, 2.45) is 47.3 Å². The minimum absolute atomic E-state index is 0.00158. The normalized spacial score (nSPS) is 25.3. The summed E-state index contributed by atoms with van der Waals surface area (Å²) in [5, 5.41) is 27.6. The van der Waals surface area contributed by atoms with Crippen molar-refractivity contribution >= 4 is 40.6 Å². The van der Waals surface area contributed by atoms with Crippen LogP contribution >= 0.6 is 0 Å². The van der Waals surface area contributed by atoms with E-state index in [1.165, 1.54) is 143 Å². The van der Waals surface area contributed by atoms with Gasteiger partial charge in [-0.15, -0.1) is 15.3 Å². The van der Waals surface area contributed by atoms with Crippen LogP contribution in [0, 0.1) is 73.6 Å². The summed E-state index contributed by atoms with van der Waals surface area (Å²) in [7, 11) is 4.07. The van der Waals surface area contributed by atoms with Crippen LogP contribution in [-0.2, 0) is 66.5 Å². The molecule has 0 unspecified atom stereocenters. The molecule has 12 aromatic rings. The molecule has 700 valence electrons. The van der Waals surface area contributed by atoms with Gasteiger partial charge in [-0.25, -0.2) is 38.1 Å². The minimum Gasteiger partial charge on any atom is -0.371 e. The van der Waals surface area contributed by atoms with Gasteiger partial charge in [-0.2, -0.15) is 5.10 Å². The number of anilines is 3. The van der Waals surface area contributed by atoms with E-state index >= 15 is 0 Å². The van der Waals surface area contributed by atoms with Gasteiger partial charge in [0.25, 0.3) is 0 Å².